The van der Waals surface area contributed by atoms with Crippen LogP contribution in [0.1, 0.15) is 18.4 Å². The van der Waals surface area contributed by atoms with Crippen LogP contribution in [0.4, 0.5) is 5.69 Å². The zero-order valence-corrected chi connectivity index (χ0v) is 11.8. The third-order valence-corrected chi connectivity index (χ3v) is 3.79. The highest BCUT2D eigenvalue weighted by molar-refractivity contribution is 9.10. The predicted octanol–water partition coefficient (Wildman–Crippen LogP) is 3.53. The zero-order valence-electron chi connectivity index (χ0n) is 9.43. The summed E-state index contributed by atoms with van der Waals surface area (Å²) in [6.07, 6.45) is 1.39. The third-order valence-electron chi connectivity index (χ3n) is 2.73. The highest BCUT2D eigenvalue weighted by Gasteiger charge is 2.24. The Morgan fingerprint density at radius 1 is 1.59 bits per heavy atom. The Labute approximate surface area is 114 Å². The van der Waals surface area contributed by atoms with Gasteiger partial charge in [-0.3, -0.25) is 4.79 Å². The minimum Gasteiger partial charge on any atom is -0.368 e. The van der Waals surface area contributed by atoms with Crippen molar-refractivity contribution in [3.63, 3.8) is 0 Å². The van der Waals surface area contributed by atoms with Crippen LogP contribution in [-0.4, -0.2) is 18.6 Å². The van der Waals surface area contributed by atoms with E-state index in [4.69, 9.17) is 16.3 Å². The Hall–Kier alpha value is -0.580. The molecule has 2 rings (SSSR count). The number of rotatable bonds is 2. The smallest absolute Gasteiger partial charge is 0.253 e. The van der Waals surface area contributed by atoms with Crippen LogP contribution in [0.5, 0.6) is 0 Å². The maximum atomic E-state index is 11.9. The van der Waals surface area contributed by atoms with Crippen LogP contribution < -0.4 is 5.32 Å². The number of aryl methyl sites for hydroxylation is 1. The maximum absolute atomic E-state index is 11.9. The lowest BCUT2D eigenvalue weighted by Gasteiger charge is -2.12. The lowest BCUT2D eigenvalue weighted by molar-refractivity contribution is -0.124. The van der Waals surface area contributed by atoms with Crippen molar-refractivity contribution >= 4 is 39.1 Å². The SMILES string of the molecule is Cc1cc(Br)c(NC(=O)[C@H]2CCCO2)cc1Cl. The third kappa shape index (κ3) is 3.00. The number of anilines is 1. The van der Waals surface area contributed by atoms with Gasteiger partial charge >= 0.3 is 0 Å². The Bertz CT molecular complexity index is 444. The van der Waals surface area contributed by atoms with Gasteiger partial charge in [0.05, 0.1) is 5.69 Å². The van der Waals surface area contributed by atoms with Gasteiger partial charge < -0.3 is 10.1 Å². The Morgan fingerprint density at radius 2 is 2.35 bits per heavy atom. The summed E-state index contributed by atoms with van der Waals surface area (Å²) in [4.78, 5) is 11.9. The molecule has 1 atom stereocenters. The number of hydrogen-bond acceptors (Lipinski definition) is 2. The van der Waals surface area contributed by atoms with Crippen LogP contribution in [0.2, 0.25) is 5.02 Å². The van der Waals surface area contributed by atoms with Gasteiger partial charge in [0.1, 0.15) is 6.10 Å². The van der Waals surface area contributed by atoms with Gasteiger partial charge in [0.25, 0.3) is 5.91 Å². The predicted molar refractivity (Wildman–Crippen MR) is 71.5 cm³/mol. The minimum atomic E-state index is -0.332. The fourth-order valence-corrected chi connectivity index (χ4v) is 2.46. The van der Waals surface area contributed by atoms with Crippen molar-refractivity contribution in [1.29, 1.82) is 0 Å². The van der Waals surface area contributed by atoms with Gasteiger partial charge in [-0.05, 0) is 53.4 Å². The van der Waals surface area contributed by atoms with Crippen molar-refractivity contribution in [2.45, 2.75) is 25.9 Å². The topological polar surface area (TPSA) is 38.3 Å². The van der Waals surface area contributed by atoms with Crippen LogP contribution in [0.3, 0.4) is 0 Å². The largest absolute Gasteiger partial charge is 0.368 e. The number of benzene rings is 1. The van der Waals surface area contributed by atoms with Gasteiger partial charge in [0, 0.05) is 16.1 Å². The van der Waals surface area contributed by atoms with Gasteiger partial charge in [0.2, 0.25) is 0 Å². The molecule has 92 valence electrons. The molecule has 1 aliphatic heterocycles. The molecule has 1 aromatic rings. The summed E-state index contributed by atoms with van der Waals surface area (Å²) >= 11 is 9.43. The molecule has 5 heteroatoms. The van der Waals surface area contributed by atoms with Gasteiger partial charge in [-0.15, -0.1) is 0 Å². The Morgan fingerprint density at radius 3 is 3.00 bits per heavy atom. The van der Waals surface area contributed by atoms with Gasteiger partial charge in [-0.2, -0.15) is 0 Å². The molecule has 0 bridgehead atoms. The summed E-state index contributed by atoms with van der Waals surface area (Å²) in [5.74, 6) is -0.108. The molecule has 3 nitrogen and oxygen atoms in total. The van der Waals surface area contributed by atoms with Crippen molar-refractivity contribution in [3.05, 3.63) is 27.2 Å². The molecule has 1 N–H and O–H groups in total. The molecule has 0 aliphatic carbocycles. The fraction of sp³-hybridized carbons (Fsp3) is 0.417. The lowest BCUT2D eigenvalue weighted by Crippen LogP contribution is -2.27. The number of nitrogens with one attached hydrogen (secondary N) is 1. The van der Waals surface area contributed by atoms with Gasteiger partial charge in [-0.25, -0.2) is 0 Å². The van der Waals surface area contributed by atoms with E-state index >= 15 is 0 Å². The Balaban J connectivity index is 2.12. The number of carbonyl (C=O) groups excluding carboxylic acids is 1. The van der Waals surface area contributed by atoms with Gasteiger partial charge in [0.15, 0.2) is 0 Å². The van der Waals surface area contributed by atoms with E-state index < -0.39 is 0 Å². The maximum Gasteiger partial charge on any atom is 0.253 e. The molecule has 1 saturated heterocycles. The van der Waals surface area contributed by atoms with Gasteiger partial charge in [-0.1, -0.05) is 11.6 Å². The second-order valence-corrected chi connectivity index (χ2v) is 5.33. The quantitative estimate of drug-likeness (QED) is 0.906. The van der Waals surface area contributed by atoms with Crippen molar-refractivity contribution in [2.75, 3.05) is 11.9 Å². The van der Waals surface area contributed by atoms with Crippen LogP contribution >= 0.6 is 27.5 Å². The van der Waals surface area contributed by atoms with E-state index in [1.165, 1.54) is 0 Å². The lowest BCUT2D eigenvalue weighted by atomic mass is 10.2. The monoisotopic (exact) mass is 317 g/mol. The molecular formula is C12H13BrClNO2. The van der Waals surface area contributed by atoms with Crippen molar-refractivity contribution < 1.29 is 9.53 Å². The summed E-state index contributed by atoms with van der Waals surface area (Å²) < 4.78 is 6.15. The molecule has 17 heavy (non-hydrogen) atoms. The molecule has 0 radical (unpaired) electrons. The van der Waals surface area contributed by atoms with E-state index in [1.807, 2.05) is 13.0 Å². The second-order valence-electron chi connectivity index (χ2n) is 4.07. The molecule has 0 aromatic heterocycles. The molecule has 1 amide bonds. The van der Waals surface area contributed by atoms with Crippen LogP contribution in [0.15, 0.2) is 16.6 Å². The normalized spacial score (nSPS) is 19.4. The molecule has 0 unspecified atom stereocenters. The van der Waals surface area contributed by atoms with E-state index in [0.29, 0.717) is 17.3 Å². The van der Waals surface area contributed by atoms with E-state index in [2.05, 4.69) is 21.2 Å². The highest BCUT2D eigenvalue weighted by atomic mass is 79.9. The summed E-state index contributed by atoms with van der Waals surface area (Å²) in [5.41, 5.74) is 1.65. The molecule has 1 aliphatic rings. The highest BCUT2D eigenvalue weighted by Crippen LogP contribution is 2.29. The molecule has 0 saturated carbocycles. The average molecular weight is 319 g/mol. The number of hydrogen-bond donors (Lipinski definition) is 1. The molecule has 0 spiro atoms. The second kappa shape index (κ2) is 5.38. The van der Waals surface area contributed by atoms with Crippen LogP contribution in [-0.2, 0) is 9.53 Å². The number of amides is 1. The van der Waals surface area contributed by atoms with E-state index in [1.54, 1.807) is 6.07 Å². The van der Waals surface area contributed by atoms with Crippen molar-refractivity contribution in [2.24, 2.45) is 0 Å². The number of ether oxygens (including phenoxy) is 1. The van der Waals surface area contributed by atoms with Crippen molar-refractivity contribution in [1.82, 2.24) is 0 Å². The van der Waals surface area contributed by atoms with Crippen molar-refractivity contribution in [3.8, 4) is 0 Å². The first-order chi connectivity index (χ1) is 8.08. The standard InChI is InChI=1S/C12H13BrClNO2/c1-7-5-8(13)10(6-9(7)14)15-12(16)11-3-2-4-17-11/h5-6,11H,2-4H2,1H3,(H,15,16)/t11-/m1/s1. The first-order valence-corrected chi connectivity index (χ1v) is 6.63. The summed E-state index contributed by atoms with van der Waals surface area (Å²) in [6, 6.07) is 3.63. The molecule has 1 aromatic carbocycles. The first kappa shape index (κ1) is 12.9. The molecule has 1 fully saturated rings. The summed E-state index contributed by atoms with van der Waals surface area (Å²) in [6.45, 7) is 2.58. The van der Waals surface area contributed by atoms with E-state index in [9.17, 15) is 4.79 Å². The zero-order chi connectivity index (χ0) is 12.4. The molecular weight excluding hydrogens is 305 g/mol. The number of halogens is 2. The summed E-state index contributed by atoms with van der Waals surface area (Å²) in [7, 11) is 0. The minimum absolute atomic E-state index is 0.108. The van der Waals surface area contributed by atoms with Crippen LogP contribution in [0.25, 0.3) is 0 Å². The van der Waals surface area contributed by atoms with E-state index in [0.717, 1.165) is 22.9 Å². The van der Waals surface area contributed by atoms with Crippen LogP contribution in [0, 0.1) is 6.92 Å². The van der Waals surface area contributed by atoms with E-state index in [-0.39, 0.29) is 12.0 Å². The fourth-order valence-electron chi connectivity index (χ4n) is 1.74. The summed E-state index contributed by atoms with van der Waals surface area (Å²) in [5, 5.41) is 3.46. The average Bonchev–Trinajstić information content (AvgIpc) is 2.79. The molecule has 1 heterocycles. The first-order valence-electron chi connectivity index (χ1n) is 5.46. The Kier molecular flexibility index (Phi) is 4.07. The number of carbonyl (C=O) groups is 1.